The Balaban J connectivity index is 2.42. The summed E-state index contributed by atoms with van der Waals surface area (Å²) in [4.78, 5) is 15.8. The number of anilines is 1. The Morgan fingerprint density at radius 2 is 2.27 bits per heavy atom. The van der Waals surface area contributed by atoms with Gasteiger partial charge in [0.05, 0.1) is 11.8 Å². The molecule has 0 aliphatic heterocycles. The topological polar surface area (TPSA) is 73.8 Å². The minimum Gasteiger partial charge on any atom is -0.383 e. The number of nitrogens with two attached hydrogens (primary N) is 1. The first-order chi connectivity index (χ1) is 7.20. The van der Waals surface area contributed by atoms with Gasteiger partial charge in [-0.3, -0.25) is 14.5 Å². The van der Waals surface area contributed by atoms with Crippen molar-refractivity contribution < 1.29 is 4.79 Å². The van der Waals surface area contributed by atoms with E-state index in [1.807, 2.05) is 0 Å². The molecular weight excluding hydrogens is 192 g/mol. The number of aryl methyl sites for hydroxylation is 1. The highest BCUT2D eigenvalue weighted by molar-refractivity contribution is 6.11. The lowest BCUT2D eigenvalue weighted by Gasteiger charge is -1.99. The smallest absolute Gasteiger partial charge is 0.199 e. The van der Waals surface area contributed by atoms with E-state index in [1.54, 1.807) is 25.4 Å². The van der Waals surface area contributed by atoms with Crippen LogP contribution in [0.1, 0.15) is 15.9 Å². The molecular formula is C10H10N4O. The third-order valence-electron chi connectivity index (χ3n) is 2.15. The lowest BCUT2D eigenvalue weighted by atomic mass is 10.1. The van der Waals surface area contributed by atoms with Crippen LogP contribution in [0, 0.1) is 0 Å². The minimum atomic E-state index is -0.159. The minimum absolute atomic E-state index is 0.159. The SMILES string of the molecule is Cn1ncc(C(=O)c2cccnc2)c1N. The molecule has 2 aromatic rings. The number of carbonyl (C=O) groups excluding carboxylic acids is 1. The fraction of sp³-hybridized carbons (Fsp3) is 0.100. The van der Waals surface area contributed by atoms with Crippen molar-refractivity contribution in [3.05, 3.63) is 41.9 Å². The van der Waals surface area contributed by atoms with Gasteiger partial charge in [-0.1, -0.05) is 0 Å². The first-order valence-electron chi connectivity index (χ1n) is 4.42. The van der Waals surface area contributed by atoms with Crippen LogP contribution >= 0.6 is 0 Å². The van der Waals surface area contributed by atoms with Gasteiger partial charge in [0.2, 0.25) is 0 Å². The van der Waals surface area contributed by atoms with Crippen LogP contribution in [0.3, 0.4) is 0 Å². The molecule has 0 aliphatic carbocycles. The zero-order chi connectivity index (χ0) is 10.8. The highest BCUT2D eigenvalue weighted by Crippen LogP contribution is 2.14. The van der Waals surface area contributed by atoms with E-state index in [4.69, 9.17) is 5.73 Å². The average molecular weight is 202 g/mol. The number of hydrogen-bond acceptors (Lipinski definition) is 4. The van der Waals surface area contributed by atoms with E-state index in [9.17, 15) is 4.79 Å². The third kappa shape index (κ3) is 1.59. The second kappa shape index (κ2) is 3.53. The highest BCUT2D eigenvalue weighted by Gasteiger charge is 2.15. The van der Waals surface area contributed by atoms with Crippen molar-refractivity contribution in [1.82, 2.24) is 14.8 Å². The quantitative estimate of drug-likeness (QED) is 0.725. The Morgan fingerprint density at radius 3 is 2.80 bits per heavy atom. The molecule has 0 bridgehead atoms. The molecule has 5 heteroatoms. The molecule has 0 aliphatic rings. The van der Waals surface area contributed by atoms with Gasteiger partial charge in [-0.15, -0.1) is 0 Å². The normalized spacial score (nSPS) is 10.2. The zero-order valence-electron chi connectivity index (χ0n) is 8.21. The Labute approximate surface area is 86.5 Å². The number of ketones is 1. The van der Waals surface area contributed by atoms with Crippen molar-refractivity contribution in [3.8, 4) is 0 Å². The Kier molecular flexibility index (Phi) is 2.21. The molecule has 0 radical (unpaired) electrons. The third-order valence-corrected chi connectivity index (χ3v) is 2.15. The molecule has 0 fully saturated rings. The lowest BCUT2D eigenvalue weighted by molar-refractivity contribution is 0.103. The van der Waals surface area contributed by atoms with Crippen molar-refractivity contribution in [2.45, 2.75) is 0 Å². The van der Waals surface area contributed by atoms with Gasteiger partial charge in [0.15, 0.2) is 5.78 Å². The molecule has 15 heavy (non-hydrogen) atoms. The Hall–Kier alpha value is -2.17. The number of pyridine rings is 1. The molecule has 2 heterocycles. The van der Waals surface area contributed by atoms with E-state index in [0.29, 0.717) is 16.9 Å². The van der Waals surface area contributed by atoms with Crippen LogP contribution in [0.5, 0.6) is 0 Å². The summed E-state index contributed by atoms with van der Waals surface area (Å²) in [7, 11) is 1.69. The monoisotopic (exact) mass is 202 g/mol. The zero-order valence-corrected chi connectivity index (χ0v) is 8.21. The van der Waals surface area contributed by atoms with Crippen molar-refractivity contribution in [2.24, 2.45) is 7.05 Å². The number of carbonyl (C=O) groups is 1. The maximum atomic E-state index is 11.9. The average Bonchev–Trinajstić information content (AvgIpc) is 2.60. The summed E-state index contributed by atoms with van der Waals surface area (Å²) in [5.41, 5.74) is 6.62. The lowest BCUT2D eigenvalue weighted by Crippen LogP contribution is -2.06. The summed E-state index contributed by atoms with van der Waals surface area (Å²) in [5.74, 6) is 0.206. The summed E-state index contributed by atoms with van der Waals surface area (Å²) >= 11 is 0. The van der Waals surface area contributed by atoms with E-state index >= 15 is 0 Å². The van der Waals surface area contributed by atoms with Crippen LogP contribution in [0.4, 0.5) is 5.82 Å². The van der Waals surface area contributed by atoms with Crippen molar-refractivity contribution in [2.75, 3.05) is 5.73 Å². The Bertz CT molecular complexity index is 489. The molecule has 0 amide bonds. The first kappa shape index (κ1) is 9.39. The molecule has 2 rings (SSSR count). The van der Waals surface area contributed by atoms with Gasteiger partial charge in [-0.2, -0.15) is 5.10 Å². The van der Waals surface area contributed by atoms with E-state index in [1.165, 1.54) is 17.1 Å². The fourth-order valence-corrected chi connectivity index (χ4v) is 1.27. The summed E-state index contributed by atoms with van der Waals surface area (Å²) in [6.07, 6.45) is 4.59. The molecule has 0 atom stereocenters. The fourth-order valence-electron chi connectivity index (χ4n) is 1.27. The van der Waals surface area contributed by atoms with Crippen LogP contribution in [0.15, 0.2) is 30.7 Å². The van der Waals surface area contributed by atoms with E-state index in [0.717, 1.165) is 0 Å². The molecule has 0 saturated carbocycles. The van der Waals surface area contributed by atoms with Gasteiger partial charge < -0.3 is 5.73 Å². The van der Waals surface area contributed by atoms with Gasteiger partial charge in [-0.25, -0.2) is 0 Å². The summed E-state index contributed by atoms with van der Waals surface area (Å²) < 4.78 is 1.46. The molecule has 5 nitrogen and oxygen atoms in total. The molecule has 76 valence electrons. The molecule has 0 aromatic carbocycles. The highest BCUT2D eigenvalue weighted by atomic mass is 16.1. The Morgan fingerprint density at radius 1 is 1.47 bits per heavy atom. The largest absolute Gasteiger partial charge is 0.383 e. The second-order valence-electron chi connectivity index (χ2n) is 3.14. The number of hydrogen-bond donors (Lipinski definition) is 1. The van der Waals surface area contributed by atoms with Crippen LogP contribution in [-0.4, -0.2) is 20.5 Å². The van der Waals surface area contributed by atoms with E-state index in [-0.39, 0.29) is 5.78 Å². The van der Waals surface area contributed by atoms with E-state index in [2.05, 4.69) is 10.1 Å². The number of aromatic nitrogens is 3. The predicted molar refractivity (Wildman–Crippen MR) is 55.3 cm³/mol. The number of nitrogens with zero attached hydrogens (tertiary/aromatic N) is 3. The van der Waals surface area contributed by atoms with Crippen molar-refractivity contribution >= 4 is 11.6 Å². The van der Waals surface area contributed by atoms with Gasteiger partial charge in [0.1, 0.15) is 5.82 Å². The van der Waals surface area contributed by atoms with E-state index < -0.39 is 0 Å². The second-order valence-corrected chi connectivity index (χ2v) is 3.14. The number of nitrogen functional groups attached to an aromatic ring is 1. The van der Waals surface area contributed by atoms with Gasteiger partial charge in [-0.05, 0) is 12.1 Å². The number of rotatable bonds is 2. The van der Waals surface area contributed by atoms with Crippen LogP contribution in [-0.2, 0) is 7.05 Å². The molecule has 0 saturated heterocycles. The standard InChI is InChI=1S/C10H10N4O/c1-14-10(11)8(6-13-14)9(15)7-3-2-4-12-5-7/h2-6H,11H2,1H3. The van der Waals surface area contributed by atoms with Gasteiger partial charge >= 0.3 is 0 Å². The first-order valence-corrected chi connectivity index (χ1v) is 4.42. The molecule has 2 aromatic heterocycles. The molecule has 0 unspecified atom stereocenters. The summed E-state index contributed by atoms with van der Waals surface area (Å²) in [5, 5.41) is 3.91. The summed E-state index contributed by atoms with van der Waals surface area (Å²) in [6, 6.07) is 3.40. The predicted octanol–water partition coefficient (Wildman–Crippen LogP) is 0.628. The van der Waals surface area contributed by atoms with Crippen LogP contribution in [0.25, 0.3) is 0 Å². The van der Waals surface area contributed by atoms with Crippen LogP contribution in [0.2, 0.25) is 0 Å². The van der Waals surface area contributed by atoms with Gasteiger partial charge in [0.25, 0.3) is 0 Å². The maximum Gasteiger partial charge on any atom is 0.199 e. The van der Waals surface area contributed by atoms with Crippen molar-refractivity contribution in [1.29, 1.82) is 0 Å². The molecule has 2 N–H and O–H groups in total. The van der Waals surface area contributed by atoms with Gasteiger partial charge in [0, 0.05) is 25.0 Å². The van der Waals surface area contributed by atoms with Crippen LogP contribution < -0.4 is 5.73 Å². The van der Waals surface area contributed by atoms with Crippen molar-refractivity contribution in [3.63, 3.8) is 0 Å². The summed E-state index contributed by atoms with van der Waals surface area (Å²) in [6.45, 7) is 0. The maximum absolute atomic E-state index is 11.9. The molecule has 0 spiro atoms.